The Balaban J connectivity index is 2.00. The molecule has 1 aliphatic rings. The van der Waals surface area contributed by atoms with E-state index in [1.165, 1.54) is 25.0 Å². The third-order valence-electron chi connectivity index (χ3n) is 3.42. The van der Waals surface area contributed by atoms with Gasteiger partial charge in [0.25, 0.3) is 12.1 Å². The highest BCUT2D eigenvalue weighted by Gasteiger charge is 2.18. The lowest BCUT2D eigenvalue weighted by molar-refractivity contribution is -0.385. The van der Waals surface area contributed by atoms with Gasteiger partial charge in [0.2, 0.25) is 0 Å². The van der Waals surface area contributed by atoms with Crippen molar-refractivity contribution in [2.75, 3.05) is 31.5 Å². The Bertz CT molecular complexity index is 477. The normalized spacial score (nSPS) is 15.8. The lowest BCUT2D eigenvalue weighted by atomic mass is 10.1. The molecule has 0 amide bonds. The maximum Gasteiger partial charge on any atom is 0.270 e. The van der Waals surface area contributed by atoms with Crippen LogP contribution in [0.25, 0.3) is 0 Å². The molecular formula is C13H17F2N3O2. The summed E-state index contributed by atoms with van der Waals surface area (Å²) < 4.78 is 25.9. The van der Waals surface area contributed by atoms with Crippen molar-refractivity contribution in [3.8, 4) is 0 Å². The second-order valence-electron chi connectivity index (χ2n) is 4.80. The molecule has 1 aromatic carbocycles. The van der Waals surface area contributed by atoms with E-state index in [4.69, 9.17) is 0 Å². The lowest BCUT2D eigenvalue weighted by Gasteiger charge is -2.16. The van der Waals surface area contributed by atoms with Crippen molar-refractivity contribution >= 4 is 11.4 Å². The zero-order valence-corrected chi connectivity index (χ0v) is 11.0. The first-order valence-electron chi connectivity index (χ1n) is 6.60. The Hall–Kier alpha value is -1.76. The molecule has 0 unspecified atom stereocenters. The molecule has 5 nitrogen and oxygen atoms in total. The number of nitro benzene ring substituents is 1. The molecule has 20 heavy (non-hydrogen) atoms. The van der Waals surface area contributed by atoms with E-state index in [2.05, 4.69) is 10.2 Å². The van der Waals surface area contributed by atoms with Crippen molar-refractivity contribution in [2.45, 2.75) is 19.3 Å². The van der Waals surface area contributed by atoms with E-state index < -0.39 is 11.3 Å². The van der Waals surface area contributed by atoms with Crippen LogP contribution in [0.3, 0.4) is 0 Å². The zero-order chi connectivity index (χ0) is 14.5. The molecule has 7 heteroatoms. The van der Waals surface area contributed by atoms with Crippen LogP contribution in [0.15, 0.2) is 18.2 Å². The van der Waals surface area contributed by atoms with Crippen molar-refractivity contribution in [3.63, 3.8) is 0 Å². The van der Waals surface area contributed by atoms with Crippen LogP contribution in [0.1, 0.15) is 24.8 Å². The molecule has 1 fully saturated rings. The molecule has 1 aliphatic heterocycles. The first-order valence-corrected chi connectivity index (χ1v) is 6.60. The Morgan fingerprint density at radius 1 is 1.35 bits per heavy atom. The Morgan fingerprint density at radius 2 is 2.05 bits per heavy atom. The van der Waals surface area contributed by atoms with Gasteiger partial charge in [-0.25, -0.2) is 8.78 Å². The number of nitro groups is 1. The number of rotatable bonds is 6. The predicted molar refractivity (Wildman–Crippen MR) is 72.2 cm³/mol. The van der Waals surface area contributed by atoms with Crippen molar-refractivity contribution in [2.24, 2.45) is 0 Å². The summed E-state index contributed by atoms with van der Waals surface area (Å²) in [5.74, 6) is 0. The number of anilines is 1. The Kier molecular flexibility index (Phi) is 4.84. The summed E-state index contributed by atoms with van der Waals surface area (Å²) in [5.41, 5.74) is -0.365. The van der Waals surface area contributed by atoms with Gasteiger partial charge in [-0.3, -0.25) is 10.1 Å². The maximum absolute atomic E-state index is 12.9. The third kappa shape index (κ3) is 3.63. The van der Waals surface area contributed by atoms with Crippen LogP contribution < -0.4 is 5.32 Å². The van der Waals surface area contributed by atoms with Crippen LogP contribution in [-0.4, -0.2) is 36.0 Å². The minimum atomic E-state index is -2.73. The van der Waals surface area contributed by atoms with Gasteiger partial charge in [-0.1, -0.05) is 0 Å². The summed E-state index contributed by atoms with van der Waals surface area (Å²) in [6, 6.07) is 3.52. The fraction of sp³-hybridized carbons (Fsp3) is 0.538. The van der Waals surface area contributed by atoms with E-state index in [0.29, 0.717) is 6.54 Å². The average molecular weight is 285 g/mol. The van der Waals surface area contributed by atoms with Gasteiger partial charge >= 0.3 is 0 Å². The number of hydrogen-bond donors (Lipinski definition) is 1. The lowest BCUT2D eigenvalue weighted by Crippen LogP contribution is -2.26. The highest BCUT2D eigenvalue weighted by Crippen LogP contribution is 2.30. The molecule has 0 atom stereocenters. The number of alkyl halides is 2. The molecule has 0 radical (unpaired) electrons. The number of hydrogen-bond acceptors (Lipinski definition) is 4. The van der Waals surface area contributed by atoms with E-state index in [-0.39, 0.29) is 16.9 Å². The average Bonchev–Trinajstić information content (AvgIpc) is 2.91. The Morgan fingerprint density at radius 3 is 2.65 bits per heavy atom. The molecule has 0 aromatic heterocycles. The van der Waals surface area contributed by atoms with E-state index in [0.717, 1.165) is 25.7 Å². The monoisotopic (exact) mass is 285 g/mol. The quantitative estimate of drug-likeness (QED) is 0.644. The third-order valence-corrected chi connectivity index (χ3v) is 3.42. The van der Waals surface area contributed by atoms with Crippen LogP contribution in [0.2, 0.25) is 0 Å². The molecule has 0 saturated carbocycles. The number of benzene rings is 1. The van der Waals surface area contributed by atoms with Gasteiger partial charge in [0.1, 0.15) is 0 Å². The first-order chi connectivity index (χ1) is 9.58. The number of nitrogens with zero attached hydrogens (tertiary/aromatic N) is 2. The predicted octanol–water partition coefficient (Wildman–Crippen LogP) is 3.04. The molecule has 1 heterocycles. The number of nitrogens with one attached hydrogen (secondary N) is 1. The smallest absolute Gasteiger partial charge is 0.270 e. The second kappa shape index (κ2) is 6.60. The van der Waals surface area contributed by atoms with E-state index >= 15 is 0 Å². The summed E-state index contributed by atoms with van der Waals surface area (Å²) in [6.45, 7) is 3.44. The van der Waals surface area contributed by atoms with Gasteiger partial charge in [-0.15, -0.1) is 0 Å². The molecule has 0 bridgehead atoms. The van der Waals surface area contributed by atoms with Gasteiger partial charge in [0.15, 0.2) is 0 Å². The van der Waals surface area contributed by atoms with Gasteiger partial charge in [0.05, 0.1) is 4.92 Å². The SMILES string of the molecule is O=[N+]([O-])c1ccc(NCCN2CCCC2)c(C(F)F)c1. The minimum Gasteiger partial charge on any atom is -0.383 e. The second-order valence-corrected chi connectivity index (χ2v) is 4.80. The molecular weight excluding hydrogens is 268 g/mol. The van der Waals surface area contributed by atoms with Crippen molar-refractivity contribution in [1.82, 2.24) is 4.90 Å². The molecule has 0 aliphatic carbocycles. The fourth-order valence-corrected chi connectivity index (χ4v) is 2.36. The van der Waals surface area contributed by atoms with Gasteiger partial charge in [-0.2, -0.15) is 0 Å². The van der Waals surface area contributed by atoms with Crippen LogP contribution in [0.5, 0.6) is 0 Å². The van der Waals surface area contributed by atoms with E-state index in [9.17, 15) is 18.9 Å². The van der Waals surface area contributed by atoms with Crippen molar-refractivity contribution in [3.05, 3.63) is 33.9 Å². The standard InChI is InChI=1S/C13H17F2N3O2/c14-13(15)11-9-10(18(19)20)3-4-12(11)16-5-8-17-6-1-2-7-17/h3-4,9,13,16H,1-2,5-8H2. The van der Waals surface area contributed by atoms with Gasteiger partial charge in [-0.05, 0) is 32.0 Å². The Labute approximate surface area is 115 Å². The fourth-order valence-electron chi connectivity index (χ4n) is 2.36. The van der Waals surface area contributed by atoms with Crippen molar-refractivity contribution < 1.29 is 13.7 Å². The summed E-state index contributed by atoms with van der Waals surface area (Å²) in [6.07, 6.45) is -0.371. The molecule has 1 N–H and O–H groups in total. The largest absolute Gasteiger partial charge is 0.383 e. The molecule has 1 saturated heterocycles. The molecule has 1 aromatic rings. The van der Waals surface area contributed by atoms with Crippen LogP contribution in [-0.2, 0) is 0 Å². The van der Waals surface area contributed by atoms with Crippen LogP contribution in [0, 0.1) is 10.1 Å². The van der Waals surface area contributed by atoms with Gasteiger partial charge < -0.3 is 10.2 Å². The zero-order valence-electron chi connectivity index (χ0n) is 11.0. The topological polar surface area (TPSA) is 58.4 Å². The highest BCUT2D eigenvalue weighted by molar-refractivity contribution is 5.56. The van der Waals surface area contributed by atoms with E-state index in [1.54, 1.807) is 0 Å². The summed E-state index contributed by atoms with van der Waals surface area (Å²) in [7, 11) is 0. The van der Waals surface area contributed by atoms with Crippen LogP contribution >= 0.6 is 0 Å². The number of likely N-dealkylation sites (tertiary alicyclic amines) is 1. The maximum atomic E-state index is 12.9. The molecule has 2 rings (SSSR count). The number of halogens is 2. The van der Waals surface area contributed by atoms with Crippen molar-refractivity contribution in [1.29, 1.82) is 0 Å². The molecule has 0 spiro atoms. The summed E-state index contributed by atoms with van der Waals surface area (Å²) in [4.78, 5) is 12.2. The minimum absolute atomic E-state index is 0.268. The highest BCUT2D eigenvalue weighted by atomic mass is 19.3. The van der Waals surface area contributed by atoms with E-state index in [1.807, 2.05) is 0 Å². The molecule has 110 valence electrons. The van der Waals surface area contributed by atoms with Crippen LogP contribution in [0.4, 0.5) is 20.2 Å². The summed E-state index contributed by atoms with van der Waals surface area (Å²) >= 11 is 0. The number of non-ortho nitro benzene ring substituents is 1. The first kappa shape index (κ1) is 14.6. The summed E-state index contributed by atoms with van der Waals surface area (Å²) in [5, 5.41) is 13.6. The van der Waals surface area contributed by atoms with Gasteiger partial charge in [0, 0.05) is 36.5 Å².